The number of nitrogens with one attached hydrogen (secondary N) is 1. The van der Waals surface area contributed by atoms with Gasteiger partial charge in [0.1, 0.15) is 12.6 Å². The Labute approximate surface area is 126 Å². The van der Waals surface area contributed by atoms with Crippen LogP contribution in [0, 0.1) is 0 Å². The molecule has 0 aliphatic heterocycles. The predicted molar refractivity (Wildman–Crippen MR) is 73.7 cm³/mol. The number of carbonyl (C=O) groups excluding carboxylic acids is 1. The van der Waals surface area contributed by atoms with E-state index in [4.69, 9.17) is 15.9 Å². The van der Waals surface area contributed by atoms with Gasteiger partial charge in [0.15, 0.2) is 0 Å². The number of nitrogens with zero attached hydrogens (tertiary/aromatic N) is 1. The molecule has 0 fully saturated rings. The van der Waals surface area contributed by atoms with Crippen LogP contribution in [-0.2, 0) is 19.2 Å². The summed E-state index contributed by atoms with van der Waals surface area (Å²) in [5.41, 5.74) is 7.80. The van der Waals surface area contributed by atoms with E-state index in [-0.39, 0.29) is 19.3 Å². The van der Waals surface area contributed by atoms with E-state index in [0.717, 1.165) is 0 Å². The Morgan fingerprint density at radius 3 is 2.09 bits per heavy atom. The number of hydrogen-bond donors (Lipinski definition) is 5. The van der Waals surface area contributed by atoms with Crippen LogP contribution in [0.25, 0.3) is 0 Å². The van der Waals surface area contributed by atoms with E-state index in [1.165, 1.54) is 0 Å². The average Bonchev–Trinajstić information content (AvgIpc) is 2.42. The lowest BCUT2D eigenvalue weighted by molar-refractivity contribution is -0.156. The SMILES string of the molecule is CCC[C@@H](C(=O)O)N(NCC(=O)O)C(=O)[C@@H](N)CCC(=O)O. The molecule has 0 radical (unpaired) electrons. The van der Waals surface area contributed by atoms with Gasteiger partial charge in [0.25, 0.3) is 5.91 Å². The molecule has 0 bridgehead atoms. The molecule has 0 aliphatic rings. The van der Waals surface area contributed by atoms with Gasteiger partial charge in [-0.1, -0.05) is 13.3 Å². The van der Waals surface area contributed by atoms with Crippen molar-refractivity contribution in [2.45, 2.75) is 44.7 Å². The van der Waals surface area contributed by atoms with Crippen molar-refractivity contribution < 1.29 is 34.5 Å². The molecule has 10 heteroatoms. The van der Waals surface area contributed by atoms with Crippen molar-refractivity contribution in [2.75, 3.05) is 6.54 Å². The van der Waals surface area contributed by atoms with Gasteiger partial charge in [-0.3, -0.25) is 19.4 Å². The molecule has 22 heavy (non-hydrogen) atoms. The van der Waals surface area contributed by atoms with E-state index in [0.29, 0.717) is 11.4 Å². The third-order valence-electron chi connectivity index (χ3n) is 2.78. The molecule has 6 N–H and O–H groups in total. The molecule has 0 spiro atoms. The van der Waals surface area contributed by atoms with Crippen molar-refractivity contribution in [2.24, 2.45) is 5.73 Å². The summed E-state index contributed by atoms with van der Waals surface area (Å²) in [6.07, 6.45) is 0.00226. The second kappa shape index (κ2) is 9.68. The van der Waals surface area contributed by atoms with Gasteiger partial charge in [-0.25, -0.2) is 10.2 Å². The van der Waals surface area contributed by atoms with Crippen molar-refractivity contribution in [3.63, 3.8) is 0 Å². The van der Waals surface area contributed by atoms with Crippen LogP contribution in [0.2, 0.25) is 0 Å². The normalized spacial score (nSPS) is 13.2. The third kappa shape index (κ3) is 6.99. The zero-order chi connectivity index (χ0) is 17.3. The molecule has 1 amide bonds. The van der Waals surface area contributed by atoms with Crippen molar-refractivity contribution in [3.05, 3.63) is 0 Å². The fraction of sp³-hybridized carbons (Fsp3) is 0.667. The van der Waals surface area contributed by atoms with Crippen molar-refractivity contribution in [3.8, 4) is 0 Å². The van der Waals surface area contributed by atoms with Crippen molar-refractivity contribution in [1.82, 2.24) is 10.4 Å². The minimum atomic E-state index is -1.31. The number of rotatable bonds is 11. The molecule has 0 aromatic heterocycles. The number of carboxylic acids is 3. The first kappa shape index (κ1) is 19.8. The van der Waals surface area contributed by atoms with Gasteiger partial charge in [0.2, 0.25) is 0 Å². The Morgan fingerprint density at radius 2 is 1.68 bits per heavy atom. The van der Waals surface area contributed by atoms with E-state index in [1.807, 2.05) is 0 Å². The van der Waals surface area contributed by atoms with Gasteiger partial charge in [0.05, 0.1) is 6.04 Å². The van der Waals surface area contributed by atoms with Gasteiger partial charge in [-0.05, 0) is 12.8 Å². The standard InChI is InChI=1S/C12H21N3O7/c1-2-3-8(12(21)22)15(14-6-10(18)19)11(20)7(13)4-5-9(16)17/h7-8,14H,2-6,13H2,1H3,(H,16,17)(H,18,19)(H,21,22)/t7-,8-/m0/s1. The molecule has 0 unspecified atom stereocenters. The number of hydrazine groups is 1. The summed E-state index contributed by atoms with van der Waals surface area (Å²) in [6.45, 7) is 1.05. The van der Waals surface area contributed by atoms with Crippen molar-refractivity contribution in [1.29, 1.82) is 0 Å². The fourth-order valence-electron chi connectivity index (χ4n) is 1.71. The Balaban J connectivity index is 5.09. The molecule has 10 nitrogen and oxygen atoms in total. The van der Waals surface area contributed by atoms with Crippen LogP contribution >= 0.6 is 0 Å². The summed E-state index contributed by atoms with van der Waals surface area (Å²) >= 11 is 0. The van der Waals surface area contributed by atoms with Crippen LogP contribution in [-0.4, -0.2) is 62.8 Å². The fourth-order valence-corrected chi connectivity index (χ4v) is 1.71. The Morgan fingerprint density at radius 1 is 1.09 bits per heavy atom. The molecule has 0 aromatic rings. The van der Waals surface area contributed by atoms with Gasteiger partial charge >= 0.3 is 17.9 Å². The second-order valence-electron chi connectivity index (χ2n) is 4.62. The number of amides is 1. The zero-order valence-corrected chi connectivity index (χ0v) is 12.2. The van der Waals surface area contributed by atoms with Crippen LogP contribution < -0.4 is 11.2 Å². The molecule has 0 aromatic carbocycles. The molecule has 2 atom stereocenters. The van der Waals surface area contributed by atoms with Crippen molar-refractivity contribution >= 4 is 23.8 Å². The van der Waals surface area contributed by atoms with Crippen LogP contribution in [0.1, 0.15) is 32.6 Å². The Bertz CT molecular complexity index is 427. The van der Waals surface area contributed by atoms with Gasteiger partial charge in [-0.2, -0.15) is 0 Å². The van der Waals surface area contributed by atoms with E-state index >= 15 is 0 Å². The van der Waals surface area contributed by atoms with E-state index in [1.54, 1.807) is 6.92 Å². The number of carboxylic acid groups (broad SMARTS) is 3. The summed E-state index contributed by atoms with van der Waals surface area (Å²) in [4.78, 5) is 44.5. The first-order chi connectivity index (χ1) is 10.2. The molecule has 126 valence electrons. The summed E-state index contributed by atoms with van der Waals surface area (Å²) in [7, 11) is 0. The molecule has 0 heterocycles. The Hall–Kier alpha value is -2.20. The monoisotopic (exact) mass is 319 g/mol. The highest BCUT2D eigenvalue weighted by Crippen LogP contribution is 2.09. The number of carbonyl (C=O) groups is 4. The highest BCUT2D eigenvalue weighted by molar-refractivity contribution is 5.87. The molecule has 0 aliphatic carbocycles. The molecular formula is C12H21N3O7. The van der Waals surface area contributed by atoms with Crippen LogP contribution in [0.5, 0.6) is 0 Å². The molecule has 0 rings (SSSR count). The smallest absolute Gasteiger partial charge is 0.328 e. The maximum absolute atomic E-state index is 12.2. The maximum Gasteiger partial charge on any atom is 0.328 e. The minimum absolute atomic E-state index is 0.0966. The summed E-state index contributed by atoms with van der Waals surface area (Å²) in [6, 6.07) is -2.52. The summed E-state index contributed by atoms with van der Waals surface area (Å²) in [5, 5.41) is 27.1. The predicted octanol–water partition coefficient (Wildman–Crippen LogP) is -1.15. The molecule has 0 saturated heterocycles. The van der Waals surface area contributed by atoms with Crippen LogP contribution in [0.4, 0.5) is 0 Å². The number of hydrogen-bond acceptors (Lipinski definition) is 6. The first-order valence-corrected chi connectivity index (χ1v) is 6.69. The quantitative estimate of drug-likeness (QED) is 0.295. The van der Waals surface area contributed by atoms with Gasteiger partial charge < -0.3 is 21.1 Å². The second-order valence-corrected chi connectivity index (χ2v) is 4.62. The zero-order valence-electron chi connectivity index (χ0n) is 12.2. The van der Waals surface area contributed by atoms with E-state index < -0.39 is 42.4 Å². The average molecular weight is 319 g/mol. The lowest BCUT2D eigenvalue weighted by atomic mass is 10.1. The van der Waals surface area contributed by atoms with Crippen LogP contribution in [0.3, 0.4) is 0 Å². The Kier molecular flexibility index (Phi) is 8.72. The highest BCUT2D eigenvalue weighted by Gasteiger charge is 2.32. The minimum Gasteiger partial charge on any atom is -0.481 e. The maximum atomic E-state index is 12.2. The van der Waals surface area contributed by atoms with Gasteiger partial charge in [0, 0.05) is 6.42 Å². The van der Waals surface area contributed by atoms with Gasteiger partial charge in [-0.15, -0.1) is 0 Å². The van der Waals surface area contributed by atoms with Crippen LogP contribution in [0.15, 0.2) is 0 Å². The first-order valence-electron chi connectivity index (χ1n) is 6.69. The topological polar surface area (TPSA) is 170 Å². The highest BCUT2D eigenvalue weighted by atomic mass is 16.4. The van der Waals surface area contributed by atoms with E-state index in [2.05, 4.69) is 5.43 Å². The third-order valence-corrected chi connectivity index (χ3v) is 2.78. The summed E-state index contributed by atoms with van der Waals surface area (Å²) < 4.78 is 0. The molecular weight excluding hydrogens is 298 g/mol. The van der Waals surface area contributed by atoms with E-state index in [9.17, 15) is 24.3 Å². The number of aliphatic carboxylic acids is 3. The largest absolute Gasteiger partial charge is 0.481 e. The molecule has 0 saturated carbocycles. The lowest BCUT2D eigenvalue weighted by Crippen LogP contribution is -2.58. The summed E-state index contributed by atoms with van der Waals surface area (Å²) in [5.74, 6) is -4.59. The lowest BCUT2D eigenvalue weighted by Gasteiger charge is -2.30. The number of nitrogens with two attached hydrogens (primary N) is 1.